The number of rotatable bonds is 3. The maximum Gasteiger partial charge on any atom is 0.314 e. The molecule has 0 fully saturated rings. The molecule has 0 spiro atoms. The Balaban J connectivity index is 2.79. The lowest BCUT2D eigenvalue weighted by Gasteiger charge is -2.24. The first-order valence-electron chi connectivity index (χ1n) is 5.25. The van der Waals surface area contributed by atoms with Gasteiger partial charge in [0.15, 0.2) is 0 Å². The Kier molecular flexibility index (Phi) is 3.01. The highest BCUT2D eigenvalue weighted by atomic mass is 32.1. The van der Waals surface area contributed by atoms with Crippen LogP contribution in [-0.4, -0.2) is 26.2 Å². The van der Waals surface area contributed by atoms with Gasteiger partial charge in [0, 0.05) is 23.7 Å². The molecule has 2 aromatic rings. The van der Waals surface area contributed by atoms with E-state index < -0.39 is 11.4 Å². The second-order valence-electron chi connectivity index (χ2n) is 4.16. The van der Waals surface area contributed by atoms with E-state index in [0.29, 0.717) is 11.2 Å². The molecule has 1 N–H and O–H groups in total. The first-order chi connectivity index (χ1) is 8.54. The van der Waals surface area contributed by atoms with Crippen LogP contribution >= 0.6 is 12.6 Å². The monoisotopic (exact) mass is 261 g/mol. The fraction of sp³-hybridized carbons (Fsp3) is 0.250. The fourth-order valence-corrected chi connectivity index (χ4v) is 2.13. The summed E-state index contributed by atoms with van der Waals surface area (Å²) < 4.78 is 1.58. The standard InChI is InChI=1S/C12H11N3O2S/c1-12(7-18,11(16)17)8-2-3-10-14-4-5-15(10)9(8)6-13/h2-5,18H,7H2,1H3,(H,16,17). The van der Waals surface area contributed by atoms with E-state index in [1.807, 2.05) is 6.07 Å². The number of aromatic nitrogens is 2. The molecular formula is C12H11N3O2S. The van der Waals surface area contributed by atoms with Crippen molar-refractivity contribution < 1.29 is 9.90 Å². The molecule has 0 radical (unpaired) electrons. The number of hydrogen-bond donors (Lipinski definition) is 2. The third kappa shape index (κ3) is 1.64. The molecule has 2 aromatic heterocycles. The van der Waals surface area contributed by atoms with Crippen LogP contribution in [-0.2, 0) is 10.2 Å². The quantitative estimate of drug-likeness (QED) is 0.820. The molecule has 0 amide bonds. The summed E-state index contributed by atoms with van der Waals surface area (Å²) in [4.78, 5) is 15.5. The predicted molar refractivity (Wildman–Crippen MR) is 68.7 cm³/mol. The van der Waals surface area contributed by atoms with Crippen molar-refractivity contribution >= 4 is 24.2 Å². The normalized spacial score (nSPS) is 14.1. The molecule has 0 bridgehead atoms. The first-order valence-corrected chi connectivity index (χ1v) is 5.88. The van der Waals surface area contributed by atoms with Gasteiger partial charge in [-0.3, -0.25) is 9.20 Å². The average molecular weight is 261 g/mol. The molecule has 2 rings (SSSR count). The van der Waals surface area contributed by atoms with Crippen LogP contribution in [0.2, 0.25) is 0 Å². The van der Waals surface area contributed by atoms with E-state index in [-0.39, 0.29) is 11.4 Å². The Bertz CT molecular complexity index is 659. The van der Waals surface area contributed by atoms with E-state index in [0.717, 1.165) is 0 Å². The third-order valence-corrected chi connectivity index (χ3v) is 3.69. The topological polar surface area (TPSA) is 78.4 Å². The number of imidazole rings is 1. The van der Waals surface area contributed by atoms with Crippen LogP contribution in [0.5, 0.6) is 0 Å². The maximum absolute atomic E-state index is 11.4. The SMILES string of the molecule is CC(CS)(C(=O)O)c1ccc2nccn2c1C#N. The second-order valence-corrected chi connectivity index (χ2v) is 4.47. The lowest BCUT2D eigenvalue weighted by Crippen LogP contribution is -2.35. The minimum absolute atomic E-state index is 0.108. The zero-order valence-corrected chi connectivity index (χ0v) is 10.6. The van der Waals surface area contributed by atoms with Crippen LogP contribution in [0.15, 0.2) is 24.5 Å². The van der Waals surface area contributed by atoms with Gasteiger partial charge < -0.3 is 5.11 Å². The first kappa shape index (κ1) is 12.5. The smallest absolute Gasteiger partial charge is 0.314 e. The van der Waals surface area contributed by atoms with Crippen molar-refractivity contribution in [1.82, 2.24) is 9.38 Å². The minimum Gasteiger partial charge on any atom is -0.481 e. The number of fused-ring (bicyclic) bond motifs is 1. The van der Waals surface area contributed by atoms with Crippen molar-refractivity contribution in [2.24, 2.45) is 0 Å². The zero-order chi connectivity index (χ0) is 13.3. The summed E-state index contributed by atoms with van der Waals surface area (Å²) >= 11 is 4.10. The van der Waals surface area contributed by atoms with Gasteiger partial charge in [-0.25, -0.2) is 4.98 Å². The summed E-state index contributed by atoms with van der Waals surface area (Å²) in [5, 5.41) is 18.6. The largest absolute Gasteiger partial charge is 0.481 e. The molecule has 0 aromatic carbocycles. The summed E-state index contributed by atoms with van der Waals surface area (Å²) in [6.45, 7) is 1.56. The molecule has 0 aliphatic rings. The molecule has 6 heteroatoms. The zero-order valence-electron chi connectivity index (χ0n) is 9.66. The Morgan fingerprint density at radius 1 is 1.67 bits per heavy atom. The van der Waals surface area contributed by atoms with Gasteiger partial charge in [-0.2, -0.15) is 17.9 Å². The van der Waals surface area contributed by atoms with Gasteiger partial charge in [-0.1, -0.05) is 6.07 Å². The van der Waals surface area contributed by atoms with E-state index >= 15 is 0 Å². The lowest BCUT2D eigenvalue weighted by atomic mass is 9.83. The molecule has 0 saturated carbocycles. The molecule has 0 saturated heterocycles. The number of hydrogen-bond acceptors (Lipinski definition) is 4. The van der Waals surface area contributed by atoms with Crippen LogP contribution < -0.4 is 0 Å². The molecule has 2 heterocycles. The lowest BCUT2D eigenvalue weighted by molar-refractivity contribution is -0.142. The van der Waals surface area contributed by atoms with Gasteiger partial charge in [-0.05, 0) is 13.0 Å². The molecule has 18 heavy (non-hydrogen) atoms. The van der Waals surface area contributed by atoms with Gasteiger partial charge >= 0.3 is 5.97 Å². The second kappa shape index (κ2) is 4.35. The number of carboxylic acid groups (broad SMARTS) is 1. The highest BCUT2D eigenvalue weighted by Crippen LogP contribution is 2.29. The Morgan fingerprint density at radius 2 is 2.39 bits per heavy atom. The van der Waals surface area contributed by atoms with E-state index in [9.17, 15) is 15.2 Å². The summed E-state index contributed by atoms with van der Waals surface area (Å²) in [6, 6.07) is 5.37. The average Bonchev–Trinajstić information content (AvgIpc) is 2.84. The van der Waals surface area contributed by atoms with Crippen LogP contribution in [0.1, 0.15) is 18.2 Å². The molecular weight excluding hydrogens is 250 g/mol. The highest BCUT2D eigenvalue weighted by molar-refractivity contribution is 7.80. The van der Waals surface area contributed by atoms with Crippen LogP contribution in [0.4, 0.5) is 0 Å². The summed E-state index contributed by atoms with van der Waals surface area (Å²) in [6.07, 6.45) is 3.21. The Hall–Kier alpha value is -2.00. The predicted octanol–water partition coefficient (Wildman–Crippen LogP) is 1.48. The van der Waals surface area contributed by atoms with Crippen molar-refractivity contribution in [1.29, 1.82) is 5.26 Å². The van der Waals surface area contributed by atoms with Crippen molar-refractivity contribution in [2.45, 2.75) is 12.3 Å². The van der Waals surface area contributed by atoms with Crippen LogP contribution in [0, 0.1) is 11.3 Å². The number of nitrogens with zero attached hydrogens (tertiary/aromatic N) is 3. The molecule has 92 valence electrons. The van der Waals surface area contributed by atoms with Crippen LogP contribution in [0.3, 0.4) is 0 Å². The number of pyridine rings is 1. The molecule has 1 atom stereocenters. The van der Waals surface area contributed by atoms with Gasteiger partial charge in [0.25, 0.3) is 0 Å². The van der Waals surface area contributed by atoms with Gasteiger partial charge in [-0.15, -0.1) is 0 Å². The van der Waals surface area contributed by atoms with Crippen molar-refractivity contribution in [3.05, 3.63) is 35.8 Å². The number of aliphatic carboxylic acids is 1. The molecule has 0 aliphatic carbocycles. The highest BCUT2D eigenvalue weighted by Gasteiger charge is 2.36. The van der Waals surface area contributed by atoms with Gasteiger partial charge in [0.1, 0.15) is 22.8 Å². The van der Waals surface area contributed by atoms with Crippen molar-refractivity contribution in [3.8, 4) is 6.07 Å². The Labute approximate surface area is 109 Å². The van der Waals surface area contributed by atoms with Gasteiger partial charge in [0.05, 0.1) is 0 Å². The van der Waals surface area contributed by atoms with Crippen molar-refractivity contribution in [2.75, 3.05) is 5.75 Å². The number of carbonyl (C=O) groups is 1. The Morgan fingerprint density at radius 3 is 2.94 bits per heavy atom. The van der Waals surface area contributed by atoms with E-state index in [1.165, 1.54) is 0 Å². The fourth-order valence-electron chi connectivity index (χ4n) is 1.82. The number of carboxylic acids is 1. The van der Waals surface area contributed by atoms with E-state index in [1.54, 1.807) is 35.9 Å². The van der Waals surface area contributed by atoms with Crippen molar-refractivity contribution in [3.63, 3.8) is 0 Å². The third-order valence-electron chi connectivity index (χ3n) is 3.05. The molecule has 1 unspecified atom stereocenters. The van der Waals surface area contributed by atoms with E-state index in [2.05, 4.69) is 17.6 Å². The summed E-state index contributed by atoms with van der Waals surface area (Å²) in [5.74, 6) is -0.898. The molecule has 0 aliphatic heterocycles. The minimum atomic E-state index is -1.20. The van der Waals surface area contributed by atoms with E-state index in [4.69, 9.17) is 0 Å². The summed E-state index contributed by atoms with van der Waals surface area (Å²) in [7, 11) is 0. The molecule has 5 nitrogen and oxygen atoms in total. The van der Waals surface area contributed by atoms with Crippen LogP contribution in [0.25, 0.3) is 5.65 Å². The van der Waals surface area contributed by atoms with Gasteiger partial charge in [0.2, 0.25) is 0 Å². The summed E-state index contributed by atoms with van der Waals surface area (Å²) in [5.41, 5.74) is 0.135. The number of nitriles is 1. The number of thiol groups is 1. The maximum atomic E-state index is 11.4.